The molecule has 0 unspecified atom stereocenters. The van der Waals surface area contributed by atoms with Crippen LogP contribution in [0.3, 0.4) is 0 Å². The molecular weight excluding hydrogens is 184 g/mol. The molecule has 4 nitrogen and oxygen atoms in total. The number of carbonyl (C=O) groups is 1. The highest BCUT2D eigenvalue weighted by Gasteiger charge is 2.26. The third-order valence-electron chi connectivity index (χ3n) is 0.980. The van der Waals surface area contributed by atoms with Gasteiger partial charge in [-0.15, -0.1) is 0 Å². The van der Waals surface area contributed by atoms with Gasteiger partial charge in [0.05, 0.1) is 5.41 Å². The molecule has 0 heterocycles. The van der Waals surface area contributed by atoms with E-state index in [0.29, 0.717) is 0 Å². The summed E-state index contributed by atoms with van der Waals surface area (Å²) >= 11 is 0. The zero-order valence-electron chi connectivity index (χ0n) is 10.2. The van der Waals surface area contributed by atoms with Crippen molar-refractivity contribution in [2.24, 2.45) is 5.41 Å². The molecule has 0 atom stereocenters. The van der Waals surface area contributed by atoms with E-state index in [0.717, 1.165) is 7.11 Å². The summed E-state index contributed by atoms with van der Waals surface area (Å²) in [6.45, 7) is 10.8. The molecule has 0 aliphatic carbocycles. The number of hydrogen-bond acceptors (Lipinski definition) is 4. The maximum Gasteiger partial charge on any atom is 0.347 e. The first-order chi connectivity index (χ1) is 6.13. The van der Waals surface area contributed by atoms with Crippen molar-refractivity contribution in [2.45, 2.75) is 47.1 Å². The van der Waals surface area contributed by atoms with Crippen molar-refractivity contribution in [1.29, 1.82) is 0 Å². The smallest absolute Gasteiger partial charge is 0.347 e. The van der Waals surface area contributed by atoms with E-state index in [4.69, 9.17) is 9.99 Å². The van der Waals surface area contributed by atoms with Gasteiger partial charge in [0, 0.05) is 7.11 Å². The monoisotopic (exact) mass is 206 g/mol. The lowest BCUT2D eigenvalue weighted by molar-refractivity contribution is -0.325. The van der Waals surface area contributed by atoms with Crippen molar-refractivity contribution < 1.29 is 19.7 Å². The van der Waals surface area contributed by atoms with Gasteiger partial charge in [0.15, 0.2) is 0 Å². The normalized spacial score (nSPS) is 11.4. The number of aliphatic hydroxyl groups excluding tert-OH is 1. The zero-order chi connectivity index (χ0) is 12.0. The molecule has 0 amide bonds. The predicted octanol–water partition coefficient (Wildman–Crippen LogP) is 1.91. The Bertz CT molecular complexity index is 162. The lowest BCUT2D eigenvalue weighted by Crippen LogP contribution is -2.28. The van der Waals surface area contributed by atoms with Crippen molar-refractivity contribution >= 4 is 5.97 Å². The molecule has 0 aromatic carbocycles. The minimum atomic E-state index is -0.509. The van der Waals surface area contributed by atoms with Crippen LogP contribution in [-0.2, 0) is 14.6 Å². The first kappa shape index (κ1) is 15.8. The lowest BCUT2D eigenvalue weighted by atomic mass is 9.98. The molecule has 0 aliphatic rings. The molecule has 0 aliphatic heterocycles. The number of rotatable bonds is 1. The molecule has 0 spiro atoms. The summed E-state index contributed by atoms with van der Waals surface area (Å²) in [6.07, 6.45) is 0. The van der Waals surface area contributed by atoms with Gasteiger partial charge in [-0.25, -0.2) is 4.79 Å². The van der Waals surface area contributed by atoms with Crippen molar-refractivity contribution in [1.82, 2.24) is 0 Å². The third-order valence-corrected chi connectivity index (χ3v) is 0.980. The molecule has 0 saturated carbocycles. The average molecular weight is 206 g/mol. The van der Waals surface area contributed by atoms with E-state index in [1.54, 1.807) is 20.8 Å². The average Bonchev–Trinajstić information content (AvgIpc) is 2.01. The minimum absolute atomic E-state index is 0.350. The Kier molecular flexibility index (Phi) is 6.77. The predicted molar refractivity (Wildman–Crippen MR) is 54.5 cm³/mol. The maximum absolute atomic E-state index is 11.2. The minimum Gasteiger partial charge on any atom is -0.400 e. The summed E-state index contributed by atoms with van der Waals surface area (Å²) in [6, 6.07) is 0. The molecule has 0 rings (SSSR count). The topological polar surface area (TPSA) is 55.8 Å². The zero-order valence-corrected chi connectivity index (χ0v) is 10.2. The second kappa shape index (κ2) is 5.98. The van der Waals surface area contributed by atoms with E-state index in [1.165, 1.54) is 0 Å². The molecule has 1 N–H and O–H groups in total. The van der Waals surface area contributed by atoms with E-state index < -0.39 is 11.0 Å². The van der Waals surface area contributed by atoms with Gasteiger partial charge < -0.3 is 5.11 Å². The summed E-state index contributed by atoms with van der Waals surface area (Å²) in [5, 5.41) is 7.00. The molecule has 0 radical (unpaired) electrons. The summed E-state index contributed by atoms with van der Waals surface area (Å²) < 4.78 is 0. The molecule has 0 bridgehead atoms. The third kappa shape index (κ3) is 9.48. The Hall–Kier alpha value is -0.610. The van der Waals surface area contributed by atoms with Gasteiger partial charge >= 0.3 is 5.97 Å². The van der Waals surface area contributed by atoms with Crippen molar-refractivity contribution in [3.8, 4) is 0 Å². The molecule has 0 fully saturated rings. The second-order valence-electron chi connectivity index (χ2n) is 4.82. The van der Waals surface area contributed by atoms with E-state index in [-0.39, 0.29) is 5.97 Å². The summed E-state index contributed by atoms with van der Waals surface area (Å²) in [7, 11) is 1.00. The fourth-order valence-electron chi connectivity index (χ4n) is 0.288. The van der Waals surface area contributed by atoms with Crippen LogP contribution in [0.15, 0.2) is 0 Å². The summed E-state index contributed by atoms with van der Waals surface area (Å²) in [5.41, 5.74) is -0.952. The molecule has 0 aromatic rings. The van der Waals surface area contributed by atoms with Crippen molar-refractivity contribution in [2.75, 3.05) is 7.11 Å². The van der Waals surface area contributed by atoms with Crippen LogP contribution in [0.25, 0.3) is 0 Å². The highest BCUT2D eigenvalue weighted by atomic mass is 17.2. The van der Waals surface area contributed by atoms with Gasteiger partial charge in [-0.3, -0.25) is 4.89 Å². The van der Waals surface area contributed by atoms with Crippen molar-refractivity contribution in [3.05, 3.63) is 0 Å². The first-order valence-electron chi connectivity index (χ1n) is 4.48. The molecule has 14 heavy (non-hydrogen) atoms. The Morgan fingerprint density at radius 2 is 1.36 bits per heavy atom. The van der Waals surface area contributed by atoms with E-state index in [2.05, 4.69) is 4.89 Å². The Morgan fingerprint density at radius 3 is 1.57 bits per heavy atom. The van der Waals surface area contributed by atoms with Crippen LogP contribution in [0, 0.1) is 5.41 Å². The van der Waals surface area contributed by atoms with Crippen LogP contribution in [0.5, 0.6) is 0 Å². The Balaban J connectivity index is 0. The lowest BCUT2D eigenvalue weighted by Gasteiger charge is -2.20. The molecule has 0 aromatic heterocycles. The van der Waals surface area contributed by atoms with Crippen LogP contribution in [0.4, 0.5) is 0 Å². The fraction of sp³-hybridized carbons (Fsp3) is 0.900. The van der Waals surface area contributed by atoms with Crippen LogP contribution in [0.1, 0.15) is 41.5 Å². The SMILES string of the molecule is CC(C)(C)OOC(=O)C(C)(C)C.CO. The highest BCUT2D eigenvalue weighted by Crippen LogP contribution is 2.17. The van der Waals surface area contributed by atoms with Gasteiger partial charge in [-0.05, 0) is 41.5 Å². The Morgan fingerprint density at radius 1 is 1.00 bits per heavy atom. The summed E-state index contributed by atoms with van der Waals surface area (Å²) in [5.74, 6) is -0.350. The van der Waals surface area contributed by atoms with Crippen LogP contribution in [0.2, 0.25) is 0 Å². The Labute approximate surface area is 86.1 Å². The molecule has 4 heteroatoms. The fourth-order valence-corrected chi connectivity index (χ4v) is 0.288. The van der Waals surface area contributed by atoms with Gasteiger partial charge in [0.25, 0.3) is 0 Å². The molecule has 86 valence electrons. The van der Waals surface area contributed by atoms with E-state index in [1.807, 2.05) is 20.8 Å². The van der Waals surface area contributed by atoms with Gasteiger partial charge in [-0.2, -0.15) is 4.89 Å². The second-order valence-corrected chi connectivity index (χ2v) is 4.82. The van der Waals surface area contributed by atoms with Gasteiger partial charge in [0.1, 0.15) is 5.60 Å². The van der Waals surface area contributed by atoms with Crippen LogP contribution in [-0.4, -0.2) is 23.8 Å². The van der Waals surface area contributed by atoms with Crippen molar-refractivity contribution in [3.63, 3.8) is 0 Å². The van der Waals surface area contributed by atoms with E-state index in [9.17, 15) is 4.79 Å². The van der Waals surface area contributed by atoms with Crippen LogP contribution >= 0.6 is 0 Å². The van der Waals surface area contributed by atoms with Crippen LogP contribution < -0.4 is 0 Å². The largest absolute Gasteiger partial charge is 0.400 e. The number of aliphatic hydroxyl groups is 1. The number of carbonyl (C=O) groups excluding carboxylic acids is 1. The van der Waals surface area contributed by atoms with Gasteiger partial charge in [0.2, 0.25) is 0 Å². The quantitative estimate of drug-likeness (QED) is 0.526. The molecule has 0 saturated heterocycles. The van der Waals surface area contributed by atoms with Gasteiger partial charge in [-0.1, -0.05) is 0 Å². The standard InChI is InChI=1S/C9H18O3.CH4O/c1-8(2,3)7(10)11-12-9(4,5)6;1-2/h1-6H3;2H,1H3. The molecular formula is C10H22O4. The first-order valence-corrected chi connectivity index (χ1v) is 4.48. The summed E-state index contributed by atoms with van der Waals surface area (Å²) in [4.78, 5) is 20.7. The highest BCUT2D eigenvalue weighted by molar-refractivity contribution is 5.74. The van der Waals surface area contributed by atoms with E-state index >= 15 is 0 Å². The number of hydrogen-bond donors (Lipinski definition) is 1. The maximum atomic E-state index is 11.2.